The fraction of sp³-hybridized carbons (Fsp3) is 0.444. The van der Waals surface area contributed by atoms with E-state index in [-0.39, 0.29) is 12.1 Å². The molecule has 196 valence electrons. The average molecular weight is 525 g/mol. The number of methoxy groups -OCH3 is 1. The van der Waals surface area contributed by atoms with Gasteiger partial charge in [-0.3, -0.25) is 14.3 Å². The summed E-state index contributed by atoms with van der Waals surface area (Å²) in [5.74, 6) is 0.356. The van der Waals surface area contributed by atoms with Gasteiger partial charge in [0, 0.05) is 17.5 Å². The van der Waals surface area contributed by atoms with Gasteiger partial charge in [-0.1, -0.05) is 29.5 Å². The minimum Gasteiger partial charge on any atom is -0.469 e. The van der Waals surface area contributed by atoms with E-state index >= 15 is 0 Å². The van der Waals surface area contributed by atoms with Crippen molar-refractivity contribution in [3.63, 3.8) is 0 Å². The van der Waals surface area contributed by atoms with Gasteiger partial charge in [0.1, 0.15) is 17.0 Å². The quantitative estimate of drug-likeness (QED) is 0.241. The molecule has 1 aliphatic rings. The first kappa shape index (κ1) is 26.7. The number of benzene rings is 1. The molecule has 0 saturated heterocycles. The Morgan fingerprint density at radius 1 is 1.24 bits per heavy atom. The highest BCUT2D eigenvalue weighted by molar-refractivity contribution is 8.00. The number of hydrogen-bond acceptors (Lipinski definition) is 8. The van der Waals surface area contributed by atoms with Crippen molar-refractivity contribution in [2.45, 2.75) is 57.2 Å². The Morgan fingerprint density at radius 2 is 2.08 bits per heavy atom. The number of anilines is 1. The number of aromatic nitrogens is 3. The lowest BCUT2D eigenvalue weighted by molar-refractivity contribution is -0.141. The number of rotatable bonds is 9. The van der Waals surface area contributed by atoms with Crippen LogP contribution in [0.3, 0.4) is 0 Å². The largest absolute Gasteiger partial charge is 0.469 e. The SMILES string of the molecule is CCn1cc(-c2ccc3cc(NC(=O)C(CC(=O)OC)SCC4CC/C=C\CCC4)c(=O)oc3c2)nn1. The molecule has 37 heavy (non-hydrogen) atoms. The Kier molecular flexibility index (Phi) is 9.16. The fourth-order valence-corrected chi connectivity index (χ4v) is 5.58. The van der Waals surface area contributed by atoms with E-state index in [1.165, 1.54) is 18.9 Å². The van der Waals surface area contributed by atoms with Gasteiger partial charge in [0.25, 0.3) is 0 Å². The Balaban J connectivity index is 1.49. The molecule has 1 N–H and O–H groups in total. The van der Waals surface area contributed by atoms with Gasteiger partial charge in [-0.15, -0.1) is 16.9 Å². The maximum Gasteiger partial charge on any atom is 0.360 e. The number of carbonyl (C=O) groups is 2. The van der Waals surface area contributed by atoms with Crippen LogP contribution >= 0.6 is 11.8 Å². The Hall–Kier alpha value is -3.40. The summed E-state index contributed by atoms with van der Waals surface area (Å²) in [6.07, 6.45) is 11.6. The van der Waals surface area contributed by atoms with Crippen molar-refractivity contribution in [3.8, 4) is 11.3 Å². The molecule has 10 heteroatoms. The number of thioether (sulfide) groups is 1. The third-order valence-corrected chi connectivity index (χ3v) is 7.90. The Bertz CT molecular complexity index is 1330. The number of allylic oxidation sites excluding steroid dienone is 2. The lowest BCUT2D eigenvalue weighted by Crippen LogP contribution is -2.30. The molecule has 1 amide bonds. The molecular formula is C27H32N4O5S. The first-order chi connectivity index (χ1) is 18.0. The number of ether oxygens (including phenoxy) is 1. The van der Waals surface area contributed by atoms with Gasteiger partial charge >= 0.3 is 11.6 Å². The van der Waals surface area contributed by atoms with Crippen LogP contribution in [-0.2, 0) is 20.9 Å². The molecule has 9 nitrogen and oxygen atoms in total. The van der Waals surface area contributed by atoms with Gasteiger partial charge in [-0.05, 0) is 62.8 Å². The highest BCUT2D eigenvalue weighted by Gasteiger charge is 2.26. The first-order valence-electron chi connectivity index (χ1n) is 12.6. The van der Waals surface area contributed by atoms with E-state index in [0.717, 1.165) is 43.4 Å². The summed E-state index contributed by atoms with van der Waals surface area (Å²) in [6, 6.07) is 6.98. The average Bonchev–Trinajstić information content (AvgIpc) is 3.36. The van der Waals surface area contributed by atoms with Crippen LogP contribution in [0, 0.1) is 5.92 Å². The van der Waals surface area contributed by atoms with E-state index in [0.29, 0.717) is 29.1 Å². The predicted octanol–water partition coefficient (Wildman–Crippen LogP) is 4.81. The summed E-state index contributed by atoms with van der Waals surface area (Å²) in [5.41, 5.74) is 1.20. The highest BCUT2D eigenvalue weighted by Crippen LogP contribution is 2.28. The van der Waals surface area contributed by atoms with Gasteiger partial charge in [0.15, 0.2) is 0 Å². The molecule has 0 fully saturated rings. The van der Waals surface area contributed by atoms with Gasteiger partial charge in [-0.2, -0.15) is 0 Å². The molecular weight excluding hydrogens is 492 g/mol. The van der Waals surface area contributed by atoms with E-state index in [1.807, 2.05) is 19.2 Å². The zero-order valence-electron chi connectivity index (χ0n) is 21.1. The predicted molar refractivity (Wildman–Crippen MR) is 144 cm³/mol. The molecule has 0 bridgehead atoms. The second-order valence-electron chi connectivity index (χ2n) is 9.10. The van der Waals surface area contributed by atoms with E-state index < -0.39 is 22.8 Å². The van der Waals surface area contributed by atoms with E-state index in [9.17, 15) is 14.4 Å². The maximum absolute atomic E-state index is 13.2. The zero-order chi connectivity index (χ0) is 26.2. The molecule has 0 radical (unpaired) electrons. The van der Waals surface area contributed by atoms with Crippen LogP contribution in [0.5, 0.6) is 0 Å². The second kappa shape index (κ2) is 12.7. The van der Waals surface area contributed by atoms with E-state index in [2.05, 4.69) is 27.8 Å². The number of aryl methyl sites for hydroxylation is 1. The third kappa shape index (κ3) is 7.09. The van der Waals surface area contributed by atoms with Gasteiger partial charge < -0.3 is 14.5 Å². The summed E-state index contributed by atoms with van der Waals surface area (Å²) >= 11 is 1.44. The number of carbonyl (C=O) groups excluding carboxylic acids is 2. The van der Waals surface area contributed by atoms with Gasteiger partial charge in [-0.25, -0.2) is 4.79 Å². The van der Waals surface area contributed by atoms with Crippen molar-refractivity contribution in [1.29, 1.82) is 0 Å². The van der Waals surface area contributed by atoms with Crippen LogP contribution < -0.4 is 10.9 Å². The summed E-state index contributed by atoms with van der Waals surface area (Å²) in [7, 11) is 1.30. The molecule has 1 aromatic carbocycles. The summed E-state index contributed by atoms with van der Waals surface area (Å²) in [6.45, 7) is 2.67. The van der Waals surface area contributed by atoms with E-state index in [4.69, 9.17) is 9.15 Å². The number of fused-ring (bicyclic) bond motifs is 1. The van der Waals surface area contributed by atoms with Gasteiger partial charge in [0.2, 0.25) is 5.91 Å². The smallest absolute Gasteiger partial charge is 0.360 e. The monoisotopic (exact) mass is 524 g/mol. The number of esters is 1. The molecule has 2 unspecified atom stereocenters. The topological polar surface area (TPSA) is 116 Å². The number of hydrogen-bond donors (Lipinski definition) is 1. The molecule has 3 aromatic rings. The minimum atomic E-state index is -0.674. The van der Waals surface area contributed by atoms with Crippen molar-refractivity contribution < 1.29 is 18.7 Å². The summed E-state index contributed by atoms with van der Waals surface area (Å²) < 4.78 is 12.0. The Morgan fingerprint density at radius 3 is 2.86 bits per heavy atom. The molecule has 4 rings (SSSR count). The van der Waals surface area contributed by atoms with Crippen molar-refractivity contribution in [1.82, 2.24) is 15.0 Å². The third-order valence-electron chi connectivity index (χ3n) is 6.45. The molecule has 0 aliphatic heterocycles. The Labute approximate surface area is 219 Å². The summed E-state index contributed by atoms with van der Waals surface area (Å²) in [4.78, 5) is 37.9. The lowest BCUT2D eigenvalue weighted by Gasteiger charge is -2.21. The van der Waals surface area contributed by atoms with Crippen LogP contribution in [0.25, 0.3) is 22.2 Å². The van der Waals surface area contributed by atoms with Crippen LogP contribution in [0.4, 0.5) is 5.69 Å². The van der Waals surface area contributed by atoms with Crippen molar-refractivity contribution in [3.05, 3.63) is 53.0 Å². The normalized spacial score (nSPS) is 17.5. The lowest BCUT2D eigenvalue weighted by atomic mass is 9.96. The number of nitrogens with zero attached hydrogens (tertiary/aromatic N) is 3. The van der Waals surface area contributed by atoms with E-state index in [1.54, 1.807) is 22.9 Å². The maximum atomic E-state index is 13.2. The molecule has 0 saturated carbocycles. The van der Waals surface area contributed by atoms with Crippen LogP contribution in [0.15, 0.2) is 51.8 Å². The van der Waals surface area contributed by atoms with Crippen molar-refractivity contribution in [2.24, 2.45) is 5.92 Å². The number of amides is 1. The van der Waals surface area contributed by atoms with Crippen LogP contribution in [0.2, 0.25) is 0 Å². The molecule has 2 heterocycles. The zero-order valence-corrected chi connectivity index (χ0v) is 22.0. The fourth-order valence-electron chi connectivity index (χ4n) is 4.27. The standard InChI is InChI=1S/C27H32N4O5S/c1-3-31-16-22(29-30-31)19-11-12-20-13-21(27(34)36-23(20)14-19)28-26(33)24(15-25(32)35-2)37-17-18-9-7-5-4-6-8-10-18/h4-5,11-14,16,18,24H,3,6-10,15,17H2,1-2H3,(H,28,33)/b5-4-. The first-order valence-corrected chi connectivity index (χ1v) is 13.6. The molecule has 1 aliphatic carbocycles. The van der Waals surface area contributed by atoms with Crippen molar-refractivity contribution in [2.75, 3.05) is 18.2 Å². The highest BCUT2D eigenvalue weighted by atomic mass is 32.2. The molecule has 2 atom stereocenters. The minimum absolute atomic E-state index is 0.0359. The molecule has 2 aromatic heterocycles. The number of nitrogens with one attached hydrogen (secondary N) is 1. The molecule has 0 spiro atoms. The van der Waals surface area contributed by atoms with Crippen molar-refractivity contribution >= 4 is 40.3 Å². The summed E-state index contributed by atoms with van der Waals surface area (Å²) in [5, 5.41) is 10.9. The van der Waals surface area contributed by atoms with Gasteiger partial charge in [0.05, 0.1) is 25.0 Å². The van der Waals surface area contributed by atoms with Crippen LogP contribution in [0.1, 0.15) is 45.4 Å². The van der Waals surface area contributed by atoms with Crippen LogP contribution in [-0.4, -0.2) is 45.0 Å². The second-order valence-corrected chi connectivity index (χ2v) is 10.3.